The van der Waals surface area contributed by atoms with E-state index >= 15 is 0 Å². The monoisotopic (exact) mass is 928 g/mol. The third-order valence-electron chi connectivity index (χ3n) is 13.4. The molecule has 0 aromatic heterocycles. The molecule has 0 aromatic carbocycles. The van der Waals surface area contributed by atoms with Crippen LogP contribution in [0.5, 0.6) is 0 Å². The maximum Gasteiger partial charge on any atom is 0.305 e. The molecular weight excluding hydrogens is 815 g/mol. The zero-order valence-electron chi connectivity index (χ0n) is 44.2. The molecule has 6 heteroatoms. The number of carbonyl (C=O) groups is 2. The first kappa shape index (κ1) is 64.1. The van der Waals surface area contributed by atoms with Crippen LogP contribution in [0.15, 0.2) is 36.5 Å². The summed E-state index contributed by atoms with van der Waals surface area (Å²) in [6.07, 6.45) is 68.9. The van der Waals surface area contributed by atoms with Crippen molar-refractivity contribution in [3.8, 4) is 0 Å². The lowest BCUT2D eigenvalue weighted by Gasteiger charge is -2.20. The van der Waals surface area contributed by atoms with E-state index < -0.39 is 12.1 Å². The van der Waals surface area contributed by atoms with E-state index in [1.165, 1.54) is 231 Å². The molecule has 0 spiro atoms. The van der Waals surface area contributed by atoms with E-state index in [-0.39, 0.29) is 18.5 Å². The lowest BCUT2D eigenvalue weighted by Crippen LogP contribution is -2.45. The van der Waals surface area contributed by atoms with E-state index in [1.807, 2.05) is 6.08 Å². The number of ether oxygens (including phenoxy) is 1. The van der Waals surface area contributed by atoms with Crippen molar-refractivity contribution in [1.82, 2.24) is 5.32 Å². The number of aliphatic hydroxyl groups is 2. The van der Waals surface area contributed by atoms with Crippen LogP contribution in [0.4, 0.5) is 0 Å². The number of nitrogens with one attached hydrogen (secondary N) is 1. The molecule has 0 saturated heterocycles. The first-order valence-corrected chi connectivity index (χ1v) is 29.3. The molecule has 66 heavy (non-hydrogen) atoms. The first-order chi connectivity index (χ1) is 32.5. The van der Waals surface area contributed by atoms with Gasteiger partial charge in [-0.05, 0) is 64.2 Å². The van der Waals surface area contributed by atoms with Gasteiger partial charge in [0.15, 0.2) is 0 Å². The van der Waals surface area contributed by atoms with Gasteiger partial charge in [0.05, 0.1) is 25.4 Å². The Labute approximate surface area is 411 Å². The summed E-state index contributed by atoms with van der Waals surface area (Å²) in [5, 5.41) is 23.0. The summed E-state index contributed by atoms with van der Waals surface area (Å²) in [5.74, 6) is -0.0669. The molecule has 0 radical (unpaired) electrons. The number of aliphatic hydroxyl groups excluding tert-OH is 2. The summed E-state index contributed by atoms with van der Waals surface area (Å²) in [6.45, 7) is 4.86. The molecule has 0 heterocycles. The highest BCUT2D eigenvalue weighted by atomic mass is 16.5. The fourth-order valence-corrected chi connectivity index (χ4v) is 8.90. The van der Waals surface area contributed by atoms with Crippen LogP contribution >= 0.6 is 0 Å². The van der Waals surface area contributed by atoms with Gasteiger partial charge in [-0.3, -0.25) is 9.59 Å². The average Bonchev–Trinajstić information content (AvgIpc) is 3.32. The minimum Gasteiger partial charge on any atom is -0.466 e. The molecule has 6 nitrogen and oxygen atoms in total. The largest absolute Gasteiger partial charge is 0.466 e. The molecule has 0 aliphatic heterocycles. The number of carbonyl (C=O) groups excluding carboxylic acids is 2. The van der Waals surface area contributed by atoms with Gasteiger partial charge in [-0.2, -0.15) is 0 Å². The average molecular weight is 929 g/mol. The Morgan fingerprint density at radius 3 is 1.18 bits per heavy atom. The molecule has 2 atom stereocenters. The number of allylic oxidation sites excluding steroid dienone is 5. The highest BCUT2D eigenvalue weighted by molar-refractivity contribution is 5.76. The lowest BCUT2D eigenvalue weighted by atomic mass is 10.0. The van der Waals surface area contributed by atoms with Crippen LogP contribution in [0.25, 0.3) is 0 Å². The van der Waals surface area contributed by atoms with E-state index in [2.05, 4.69) is 43.5 Å². The molecule has 0 bridgehead atoms. The number of rotatable bonds is 54. The Bertz CT molecular complexity index is 1070. The minimum absolute atomic E-state index is 0.00332. The Morgan fingerprint density at radius 1 is 0.424 bits per heavy atom. The second kappa shape index (κ2) is 55.7. The molecule has 388 valence electrons. The van der Waals surface area contributed by atoms with Gasteiger partial charge < -0.3 is 20.3 Å². The zero-order chi connectivity index (χ0) is 47.9. The van der Waals surface area contributed by atoms with E-state index in [0.717, 1.165) is 51.4 Å². The van der Waals surface area contributed by atoms with Gasteiger partial charge in [-0.15, -0.1) is 0 Å². The molecule has 0 saturated carbocycles. The second-order valence-electron chi connectivity index (χ2n) is 20.0. The predicted molar refractivity (Wildman–Crippen MR) is 287 cm³/mol. The fraction of sp³-hybridized carbons (Fsp3) is 0.867. The molecule has 0 aliphatic rings. The first-order valence-electron chi connectivity index (χ1n) is 29.3. The van der Waals surface area contributed by atoms with Crippen molar-refractivity contribution in [2.24, 2.45) is 0 Å². The second-order valence-corrected chi connectivity index (χ2v) is 20.0. The lowest BCUT2D eigenvalue weighted by molar-refractivity contribution is -0.143. The van der Waals surface area contributed by atoms with Crippen LogP contribution in [0.1, 0.15) is 309 Å². The molecule has 3 N–H and O–H groups in total. The smallest absolute Gasteiger partial charge is 0.305 e. The fourth-order valence-electron chi connectivity index (χ4n) is 8.90. The normalized spacial score (nSPS) is 12.8. The van der Waals surface area contributed by atoms with Crippen molar-refractivity contribution in [3.05, 3.63) is 36.5 Å². The van der Waals surface area contributed by atoms with Crippen LogP contribution in [-0.2, 0) is 14.3 Å². The Balaban J connectivity index is 3.38. The van der Waals surface area contributed by atoms with E-state index in [0.29, 0.717) is 19.4 Å². The van der Waals surface area contributed by atoms with Crippen molar-refractivity contribution >= 4 is 11.9 Å². The Morgan fingerprint density at radius 2 is 0.758 bits per heavy atom. The molecule has 0 aromatic rings. The topological polar surface area (TPSA) is 95.9 Å². The van der Waals surface area contributed by atoms with Crippen LogP contribution < -0.4 is 5.32 Å². The minimum atomic E-state index is -0.844. The van der Waals surface area contributed by atoms with Gasteiger partial charge in [0.1, 0.15) is 0 Å². The third-order valence-corrected chi connectivity index (χ3v) is 13.4. The third kappa shape index (κ3) is 51.5. The highest BCUT2D eigenvalue weighted by Crippen LogP contribution is 2.17. The number of hydrogen-bond donors (Lipinski definition) is 3. The van der Waals surface area contributed by atoms with Crippen molar-refractivity contribution in [2.45, 2.75) is 321 Å². The number of hydrogen-bond acceptors (Lipinski definition) is 5. The van der Waals surface area contributed by atoms with Gasteiger partial charge in [-0.1, -0.05) is 269 Å². The number of unbranched alkanes of at least 4 members (excludes halogenated alkanes) is 39. The van der Waals surface area contributed by atoms with Crippen molar-refractivity contribution in [2.75, 3.05) is 13.2 Å². The van der Waals surface area contributed by atoms with Crippen molar-refractivity contribution < 1.29 is 24.5 Å². The van der Waals surface area contributed by atoms with Crippen LogP contribution in [-0.4, -0.2) is 47.4 Å². The van der Waals surface area contributed by atoms with Gasteiger partial charge in [-0.25, -0.2) is 0 Å². The highest BCUT2D eigenvalue weighted by Gasteiger charge is 2.18. The molecule has 0 aliphatic carbocycles. The van der Waals surface area contributed by atoms with Gasteiger partial charge in [0, 0.05) is 12.8 Å². The summed E-state index contributed by atoms with van der Waals surface area (Å²) in [6, 6.07) is -0.627. The number of amides is 1. The van der Waals surface area contributed by atoms with E-state index in [1.54, 1.807) is 6.08 Å². The molecule has 2 unspecified atom stereocenters. The van der Waals surface area contributed by atoms with Gasteiger partial charge in [0.25, 0.3) is 0 Å². The summed E-state index contributed by atoms with van der Waals surface area (Å²) in [4.78, 5) is 24.5. The molecular formula is C60H113NO5. The summed E-state index contributed by atoms with van der Waals surface area (Å²) in [5.41, 5.74) is 0. The SMILES string of the molecule is CCCCC/C=C\C/C=C\CCCCCCCCCC(=O)OCCCCCCCCCCCCCCCCCCCCCCCC(=O)NC(CO)C(O)/C=C/CCCCCCCCCCC. The van der Waals surface area contributed by atoms with Gasteiger partial charge >= 0.3 is 5.97 Å². The van der Waals surface area contributed by atoms with Crippen molar-refractivity contribution in [1.29, 1.82) is 0 Å². The maximum absolute atomic E-state index is 12.4. The zero-order valence-corrected chi connectivity index (χ0v) is 44.2. The van der Waals surface area contributed by atoms with Crippen LogP contribution in [0.2, 0.25) is 0 Å². The van der Waals surface area contributed by atoms with E-state index in [4.69, 9.17) is 4.74 Å². The summed E-state index contributed by atoms with van der Waals surface area (Å²) in [7, 11) is 0. The Hall–Kier alpha value is -1.92. The van der Waals surface area contributed by atoms with Crippen LogP contribution in [0.3, 0.4) is 0 Å². The summed E-state index contributed by atoms with van der Waals surface area (Å²) >= 11 is 0. The van der Waals surface area contributed by atoms with Crippen LogP contribution in [0, 0.1) is 0 Å². The Kier molecular flexibility index (Phi) is 54.1. The molecule has 0 rings (SSSR count). The van der Waals surface area contributed by atoms with Gasteiger partial charge in [0.2, 0.25) is 5.91 Å². The quantitative estimate of drug-likeness (QED) is 0.0321. The van der Waals surface area contributed by atoms with E-state index in [9.17, 15) is 19.8 Å². The number of esters is 1. The predicted octanol–water partition coefficient (Wildman–Crippen LogP) is 18.0. The summed E-state index contributed by atoms with van der Waals surface area (Å²) < 4.78 is 5.48. The molecule has 1 amide bonds. The van der Waals surface area contributed by atoms with Crippen molar-refractivity contribution in [3.63, 3.8) is 0 Å². The maximum atomic E-state index is 12.4. The standard InChI is InChI=1S/C60H113NO5/c1-3-5-7-9-11-13-15-16-17-23-27-30-34-38-42-46-50-54-60(65)66-55-51-47-43-39-35-31-28-25-22-20-18-19-21-24-26-29-33-37-41-45-49-53-59(64)61-57(56-62)58(63)52-48-44-40-36-32-14-12-10-8-6-4-2/h11,13,16-17,48,52,57-58,62-63H,3-10,12,14-15,18-47,49-51,53-56H2,1-2H3,(H,61,64)/b13-11-,17-16-,52-48+. The molecule has 0 fully saturated rings.